The third-order valence-electron chi connectivity index (χ3n) is 0. The molecule has 0 saturated heterocycles. The van der Waals surface area contributed by atoms with Crippen molar-refractivity contribution >= 4 is 52.1 Å². The normalized spacial score (nSPS) is 0. The van der Waals surface area contributed by atoms with E-state index in [0.717, 1.165) is 0 Å². The Bertz CT molecular complexity index is 3.25. The van der Waals surface area contributed by atoms with Crippen LogP contribution in [0.15, 0.2) is 0 Å². The summed E-state index contributed by atoms with van der Waals surface area (Å²) in [5, 5.41) is 0. The molecule has 0 aliphatic rings. The minimum Gasteiger partial charge on any atom is 0 e. The number of rotatable bonds is 0. The quantitative estimate of drug-likeness (QED) is 0.313. The second kappa shape index (κ2) is 19.4. The molecule has 27 valence electrons. The van der Waals surface area contributed by atoms with E-state index in [9.17, 15) is 0 Å². The average molecular weight is 149 g/mol. The summed E-state index contributed by atoms with van der Waals surface area (Å²) < 4.78 is 0. The van der Waals surface area contributed by atoms with Gasteiger partial charge in [-0.1, -0.05) is 0 Å². The van der Waals surface area contributed by atoms with Gasteiger partial charge in [0.25, 0.3) is 0 Å². The standard InChI is InChI=1S/3Al.Co.9H. The molecule has 0 spiro atoms. The second-order valence-electron chi connectivity index (χ2n) is 0. The summed E-state index contributed by atoms with van der Waals surface area (Å²) in [4.78, 5) is 0. The Morgan fingerprint density at radius 3 is 0.500 bits per heavy atom. The van der Waals surface area contributed by atoms with E-state index in [4.69, 9.17) is 0 Å². The Labute approximate surface area is 68.3 Å². The van der Waals surface area contributed by atoms with Gasteiger partial charge in [0.15, 0.2) is 52.1 Å². The van der Waals surface area contributed by atoms with E-state index in [-0.39, 0.29) is 68.9 Å². The average Bonchev–Trinajstić information content (AvgIpc) is 0. The molecule has 0 fully saturated rings. The molecule has 0 aromatic rings. The van der Waals surface area contributed by atoms with Crippen LogP contribution in [-0.2, 0) is 16.8 Å². The third kappa shape index (κ3) is 8.93. The fraction of sp³-hybridized carbons (Fsp3) is 0. The van der Waals surface area contributed by atoms with Crippen molar-refractivity contribution in [3.8, 4) is 0 Å². The van der Waals surface area contributed by atoms with Gasteiger partial charge in [0.2, 0.25) is 0 Å². The van der Waals surface area contributed by atoms with Gasteiger partial charge in [0.05, 0.1) is 0 Å². The van der Waals surface area contributed by atoms with E-state index in [2.05, 4.69) is 0 Å². The molecule has 0 atom stereocenters. The largest absolute Gasteiger partial charge is 0.187 e. The molecule has 0 N–H and O–H groups in total. The smallest absolute Gasteiger partial charge is 0 e. The fourth-order valence-electron chi connectivity index (χ4n) is 0. The maximum atomic E-state index is 0. The summed E-state index contributed by atoms with van der Waals surface area (Å²) >= 11 is 0. The van der Waals surface area contributed by atoms with Gasteiger partial charge in [-0.25, -0.2) is 0 Å². The molecule has 0 heterocycles. The topological polar surface area (TPSA) is 0 Å². The molecule has 4 heavy (non-hydrogen) atoms. The van der Waals surface area contributed by atoms with Crippen LogP contribution in [0.25, 0.3) is 0 Å². The maximum Gasteiger partial charge on any atom is 0.187 e. The molecule has 0 unspecified atom stereocenters. The molecule has 0 aromatic carbocycles. The van der Waals surface area contributed by atoms with Crippen LogP contribution in [-0.4, -0.2) is 52.1 Å². The summed E-state index contributed by atoms with van der Waals surface area (Å²) in [7, 11) is 0. The van der Waals surface area contributed by atoms with Crippen molar-refractivity contribution in [1.29, 1.82) is 0 Å². The number of hydrogen-bond acceptors (Lipinski definition) is 0. The van der Waals surface area contributed by atoms with Crippen LogP contribution < -0.4 is 0 Å². The minimum atomic E-state index is 0. The second-order valence-corrected chi connectivity index (χ2v) is 0. The van der Waals surface area contributed by atoms with Gasteiger partial charge in [-0.2, -0.15) is 0 Å². The zero-order chi connectivity index (χ0) is 0. The van der Waals surface area contributed by atoms with Crippen molar-refractivity contribution in [2.45, 2.75) is 0 Å². The van der Waals surface area contributed by atoms with E-state index in [1.165, 1.54) is 0 Å². The minimum absolute atomic E-state index is 0. The van der Waals surface area contributed by atoms with Crippen molar-refractivity contribution in [3.05, 3.63) is 0 Å². The maximum absolute atomic E-state index is 0. The van der Waals surface area contributed by atoms with E-state index in [1.54, 1.807) is 0 Å². The molecule has 0 rings (SSSR count). The zero-order valence-corrected chi connectivity index (χ0v) is 1.37. The molecule has 0 aliphatic carbocycles. The summed E-state index contributed by atoms with van der Waals surface area (Å²) in [6, 6.07) is 0. The van der Waals surface area contributed by atoms with Crippen molar-refractivity contribution in [1.82, 2.24) is 0 Å². The van der Waals surface area contributed by atoms with Gasteiger partial charge >= 0.3 is 0 Å². The van der Waals surface area contributed by atoms with Gasteiger partial charge in [0.1, 0.15) is 0 Å². The first kappa shape index (κ1) is 35.9. The molecular formula is H9Al3Co. The van der Waals surface area contributed by atoms with Gasteiger partial charge in [-0.05, 0) is 0 Å². The zero-order valence-electron chi connectivity index (χ0n) is 0.333. The molecular weight excluding hydrogens is 140 g/mol. The molecule has 1 radical (unpaired) electrons. The van der Waals surface area contributed by atoms with Crippen LogP contribution >= 0.6 is 0 Å². The Balaban J connectivity index is 0. The third-order valence-corrected chi connectivity index (χ3v) is 0. The van der Waals surface area contributed by atoms with Crippen molar-refractivity contribution < 1.29 is 16.8 Å². The van der Waals surface area contributed by atoms with E-state index in [0.29, 0.717) is 0 Å². The predicted molar refractivity (Wildman–Crippen MR) is 29.8 cm³/mol. The number of hydrogen-bond donors (Lipinski definition) is 0. The van der Waals surface area contributed by atoms with Crippen molar-refractivity contribution in [2.24, 2.45) is 0 Å². The molecule has 0 bridgehead atoms. The van der Waals surface area contributed by atoms with Crippen LogP contribution in [0.2, 0.25) is 0 Å². The van der Waals surface area contributed by atoms with E-state index in [1.807, 2.05) is 0 Å². The van der Waals surface area contributed by atoms with Gasteiger partial charge in [-0.3, -0.25) is 0 Å². The molecule has 0 amide bonds. The first-order chi connectivity index (χ1) is 0. The summed E-state index contributed by atoms with van der Waals surface area (Å²) in [6.45, 7) is 0. The van der Waals surface area contributed by atoms with Gasteiger partial charge in [0, 0.05) is 16.8 Å². The molecule has 0 aromatic heterocycles. The van der Waals surface area contributed by atoms with Gasteiger partial charge < -0.3 is 0 Å². The van der Waals surface area contributed by atoms with Crippen LogP contribution in [0.4, 0.5) is 0 Å². The van der Waals surface area contributed by atoms with Crippen LogP contribution in [0.1, 0.15) is 0 Å². The summed E-state index contributed by atoms with van der Waals surface area (Å²) in [5.41, 5.74) is 0. The van der Waals surface area contributed by atoms with Crippen LogP contribution in [0.5, 0.6) is 0 Å². The molecule has 0 aliphatic heterocycles. The van der Waals surface area contributed by atoms with Crippen molar-refractivity contribution in [3.63, 3.8) is 0 Å². The SMILES string of the molecule is [AlH3].[AlH3].[AlH3].[Co]. The van der Waals surface area contributed by atoms with Crippen LogP contribution in [0.3, 0.4) is 0 Å². The monoisotopic (exact) mass is 149 g/mol. The molecule has 0 nitrogen and oxygen atoms in total. The van der Waals surface area contributed by atoms with Crippen LogP contribution in [0, 0.1) is 0 Å². The Morgan fingerprint density at radius 1 is 0.500 bits per heavy atom. The van der Waals surface area contributed by atoms with Crippen molar-refractivity contribution in [2.75, 3.05) is 0 Å². The first-order valence-corrected chi connectivity index (χ1v) is 0. The van der Waals surface area contributed by atoms with E-state index >= 15 is 0 Å². The molecule has 0 saturated carbocycles. The van der Waals surface area contributed by atoms with E-state index < -0.39 is 0 Å². The predicted octanol–water partition coefficient (Wildman–Crippen LogP) is -3.55. The first-order valence-electron chi connectivity index (χ1n) is 0. The van der Waals surface area contributed by atoms with Gasteiger partial charge in [-0.15, -0.1) is 0 Å². The molecule has 4 heteroatoms. The Morgan fingerprint density at radius 2 is 0.500 bits per heavy atom. The fourth-order valence-corrected chi connectivity index (χ4v) is 0. The Hall–Kier alpha value is 2.10. The Kier molecular flexibility index (Phi) is 174. The summed E-state index contributed by atoms with van der Waals surface area (Å²) in [5.74, 6) is 0. The summed E-state index contributed by atoms with van der Waals surface area (Å²) in [6.07, 6.45) is 0.